The van der Waals surface area contributed by atoms with Crippen molar-refractivity contribution in [3.63, 3.8) is 0 Å². The summed E-state index contributed by atoms with van der Waals surface area (Å²) in [6, 6.07) is 3.87. The van der Waals surface area contributed by atoms with Gasteiger partial charge in [0.2, 0.25) is 0 Å². The van der Waals surface area contributed by atoms with Gasteiger partial charge in [0.25, 0.3) is 15.9 Å². The van der Waals surface area contributed by atoms with Crippen LogP contribution in [0.3, 0.4) is 0 Å². The second kappa shape index (κ2) is 2.69. The molecule has 1 amide bonds. The van der Waals surface area contributed by atoms with E-state index in [0.717, 1.165) is 0 Å². The molecule has 7 heteroatoms. The summed E-state index contributed by atoms with van der Waals surface area (Å²) in [5.41, 5.74) is 2.12. The van der Waals surface area contributed by atoms with E-state index in [9.17, 15) is 13.2 Å². The van der Waals surface area contributed by atoms with Gasteiger partial charge in [-0.2, -0.15) is 0 Å². The molecule has 3 N–H and O–H groups in total. The summed E-state index contributed by atoms with van der Waals surface area (Å²) >= 11 is 0. The third-order valence-corrected chi connectivity index (χ3v) is 3.26. The highest BCUT2D eigenvalue weighted by atomic mass is 32.2. The number of amides is 1. The largest absolute Gasteiger partial charge is 0.291 e. The molecule has 0 saturated carbocycles. The van der Waals surface area contributed by atoms with Crippen LogP contribution in [-0.2, 0) is 10.0 Å². The van der Waals surface area contributed by atoms with Gasteiger partial charge in [-0.15, -0.1) is 0 Å². The van der Waals surface area contributed by atoms with Crippen molar-refractivity contribution in [1.82, 2.24) is 4.72 Å². The van der Waals surface area contributed by atoms with Crippen molar-refractivity contribution in [1.29, 1.82) is 0 Å². The van der Waals surface area contributed by atoms with E-state index >= 15 is 0 Å². The lowest BCUT2D eigenvalue weighted by molar-refractivity contribution is 0.0985. The van der Waals surface area contributed by atoms with Crippen LogP contribution >= 0.6 is 0 Å². The number of rotatable bonds is 1. The number of hydrogen-bond acceptors (Lipinski definition) is 5. The SMILES string of the molecule is O=C1NS(=O)(=O)c2ccc(NO)cc21. The molecule has 1 aliphatic rings. The monoisotopic (exact) mass is 214 g/mol. The van der Waals surface area contributed by atoms with Crippen molar-refractivity contribution in [2.75, 3.05) is 5.48 Å². The molecule has 1 aliphatic heterocycles. The van der Waals surface area contributed by atoms with E-state index in [-0.39, 0.29) is 16.1 Å². The molecular formula is C7H6N2O4S. The molecular weight excluding hydrogens is 208 g/mol. The fraction of sp³-hybridized carbons (Fsp3) is 0. The number of fused-ring (bicyclic) bond motifs is 1. The Kier molecular flexibility index (Phi) is 1.73. The molecule has 0 spiro atoms. The summed E-state index contributed by atoms with van der Waals surface area (Å²) < 4.78 is 24.3. The van der Waals surface area contributed by atoms with Crippen LogP contribution in [0.5, 0.6) is 0 Å². The van der Waals surface area contributed by atoms with E-state index in [2.05, 4.69) is 0 Å². The molecule has 0 atom stereocenters. The standard InChI is InChI=1S/C7H6N2O4S/c10-7-5-3-4(8-11)1-2-6(5)14(12,13)9-7/h1-3,8,11H,(H,9,10). The van der Waals surface area contributed by atoms with Crippen molar-refractivity contribution in [2.45, 2.75) is 4.90 Å². The third-order valence-electron chi connectivity index (χ3n) is 1.87. The van der Waals surface area contributed by atoms with Crippen molar-refractivity contribution in [3.8, 4) is 0 Å². The second-order valence-corrected chi connectivity index (χ2v) is 4.41. The van der Waals surface area contributed by atoms with E-state index in [1.54, 1.807) is 0 Å². The summed E-state index contributed by atoms with van der Waals surface area (Å²) in [5.74, 6) is -0.683. The van der Waals surface area contributed by atoms with Crippen LogP contribution in [0.15, 0.2) is 23.1 Å². The minimum Gasteiger partial charge on any atom is -0.291 e. The lowest BCUT2D eigenvalue weighted by Crippen LogP contribution is -2.20. The highest BCUT2D eigenvalue weighted by Gasteiger charge is 2.32. The van der Waals surface area contributed by atoms with E-state index in [4.69, 9.17) is 5.21 Å². The zero-order chi connectivity index (χ0) is 10.3. The average molecular weight is 214 g/mol. The van der Waals surface area contributed by atoms with E-state index in [0.29, 0.717) is 0 Å². The Morgan fingerprint density at radius 2 is 2.07 bits per heavy atom. The molecule has 1 aromatic rings. The van der Waals surface area contributed by atoms with Crippen LogP contribution < -0.4 is 10.2 Å². The highest BCUT2D eigenvalue weighted by molar-refractivity contribution is 7.90. The smallest absolute Gasteiger partial charge is 0.266 e. The van der Waals surface area contributed by atoms with Gasteiger partial charge in [0.15, 0.2) is 0 Å². The molecule has 0 aromatic heterocycles. The Morgan fingerprint density at radius 3 is 2.71 bits per heavy atom. The van der Waals surface area contributed by atoms with Gasteiger partial charge in [-0.1, -0.05) is 0 Å². The zero-order valence-corrected chi connectivity index (χ0v) is 7.63. The molecule has 74 valence electrons. The molecule has 1 heterocycles. The normalized spacial score (nSPS) is 17.4. The van der Waals surface area contributed by atoms with Gasteiger partial charge < -0.3 is 0 Å². The lowest BCUT2D eigenvalue weighted by atomic mass is 10.2. The van der Waals surface area contributed by atoms with Crippen LogP contribution in [-0.4, -0.2) is 19.5 Å². The molecule has 0 saturated heterocycles. The van der Waals surface area contributed by atoms with E-state index < -0.39 is 15.9 Å². The van der Waals surface area contributed by atoms with Crippen LogP contribution in [0.4, 0.5) is 5.69 Å². The first-order valence-electron chi connectivity index (χ1n) is 3.66. The maximum absolute atomic E-state index is 11.2. The predicted molar refractivity (Wildman–Crippen MR) is 46.5 cm³/mol. The maximum Gasteiger partial charge on any atom is 0.266 e. The van der Waals surface area contributed by atoms with Crippen LogP contribution in [0.2, 0.25) is 0 Å². The van der Waals surface area contributed by atoms with Crippen molar-refractivity contribution in [3.05, 3.63) is 23.8 Å². The molecule has 1 aromatic carbocycles. The van der Waals surface area contributed by atoms with Crippen LogP contribution in [0, 0.1) is 0 Å². The molecule has 2 rings (SSSR count). The first-order valence-corrected chi connectivity index (χ1v) is 5.14. The molecule has 0 aliphatic carbocycles. The van der Waals surface area contributed by atoms with Gasteiger partial charge in [-0.3, -0.25) is 15.5 Å². The molecule has 0 unspecified atom stereocenters. The molecule has 0 radical (unpaired) electrons. The first kappa shape index (κ1) is 8.97. The topological polar surface area (TPSA) is 95.5 Å². The molecule has 14 heavy (non-hydrogen) atoms. The Labute approximate surface area is 79.6 Å². The molecule has 6 nitrogen and oxygen atoms in total. The fourth-order valence-electron chi connectivity index (χ4n) is 1.24. The third kappa shape index (κ3) is 1.14. The molecule has 0 fully saturated rings. The van der Waals surface area contributed by atoms with Crippen LogP contribution in [0.25, 0.3) is 0 Å². The average Bonchev–Trinajstić information content (AvgIpc) is 2.37. The Balaban J connectivity index is 2.70. The van der Waals surface area contributed by atoms with Gasteiger partial charge in [0, 0.05) is 0 Å². The minimum absolute atomic E-state index is 0.0315. The number of carbonyl (C=O) groups is 1. The Bertz CT molecular complexity index is 508. The summed E-state index contributed by atoms with van der Waals surface area (Å²) in [7, 11) is -3.69. The molecule has 0 bridgehead atoms. The van der Waals surface area contributed by atoms with Gasteiger partial charge in [0.1, 0.15) is 4.90 Å². The Morgan fingerprint density at radius 1 is 1.36 bits per heavy atom. The highest BCUT2D eigenvalue weighted by Crippen LogP contribution is 2.24. The van der Waals surface area contributed by atoms with E-state index in [1.807, 2.05) is 10.2 Å². The summed E-state index contributed by atoms with van der Waals surface area (Å²) in [6.45, 7) is 0. The zero-order valence-electron chi connectivity index (χ0n) is 6.81. The van der Waals surface area contributed by atoms with Crippen molar-refractivity contribution >= 4 is 21.6 Å². The number of benzene rings is 1. The first-order chi connectivity index (χ1) is 6.54. The summed E-state index contributed by atoms with van der Waals surface area (Å²) in [5, 5.41) is 8.55. The number of hydrogen-bond donors (Lipinski definition) is 3. The Hall–Kier alpha value is -1.60. The number of sulfonamides is 1. The summed E-state index contributed by atoms with van der Waals surface area (Å²) in [4.78, 5) is 11.1. The van der Waals surface area contributed by atoms with Gasteiger partial charge in [0.05, 0.1) is 11.3 Å². The fourth-order valence-corrected chi connectivity index (χ4v) is 2.40. The van der Waals surface area contributed by atoms with Crippen LogP contribution in [0.1, 0.15) is 10.4 Å². The summed E-state index contributed by atoms with van der Waals surface area (Å²) in [6.07, 6.45) is 0. The number of anilines is 1. The predicted octanol–water partition coefficient (Wildman–Crippen LogP) is -0.0802. The van der Waals surface area contributed by atoms with Gasteiger partial charge in [-0.05, 0) is 18.2 Å². The number of nitrogens with one attached hydrogen (secondary N) is 2. The number of carbonyl (C=O) groups excluding carboxylic acids is 1. The van der Waals surface area contributed by atoms with E-state index in [1.165, 1.54) is 18.2 Å². The van der Waals surface area contributed by atoms with Crippen molar-refractivity contribution in [2.24, 2.45) is 0 Å². The lowest BCUT2D eigenvalue weighted by Gasteiger charge is -1.99. The van der Waals surface area contributed by atoms with Crippen molar-refractivity contribution < 1.29 is 18.4 Å². The van der Waals surface area contributed by atoms with Gasteiger partial charge >= 0.3 is 0 Å². The quantitative estimate of drug-likeness (QED) is 0.568. The van der Waals surface area contributed by atoms with Gasteiger partial charge in [-0.25, -0.2) is 13.1 Å². The minimum atomic E-state index is -3.69. The maximum atomic E-state index is 11.2. The second-order valence-electron chi connectivity index (χ2n) is 2.76.